The summed E-state index contributed by atoms with van der Waals surface area (Å²) in [4.78, 5) is 24.6. The van der Waals surface area contributed by atoms with Crippen molar-refractivity contribution in [3.63, 3.8) is 0 Å². The second-order valence-corrected chi connectivity index (χ2v) is 5.89. The van der Waals surface area contributed by atoms with E-state index >= 15 is 0 Å². The number of carbonyl (C=O) groups is 1. The second-order valence-electron chi connectivity index (χ2n) is 5.23. The van der Waals surface area contributed by atoms with Crippen molar-refractivity contribution in [1.29, 1.82) is 0 Å². The topological polar surface area (TPSA) is 84.2 Å². The predicted molar refractivity (Wildman–Crippen MR) is 80.2 cm³/mol. The summed E-state index contributed by atoms with van der Waals surface area (Å²) in [5.74, 6) is -0.302. The molecule has 0 bridgehead atoms. The van der Waals surface area contributed by atoms with E-state index < -0.39 is 11.5 Å². The summed E-state index contributed by atoms with van der Waals surface area (Å²) in [6.07, 6.45) is 1.61. The number of rotatable bonds is 2. The summed E-state index contributed by atoms with van der Waals surface area (Å²) >= 11 is 1.20. The van der Waals surface area contributed by atoms with Crippen LogP contribution in [0.2, 0.25) is 0 Å². The molecule has 6 nitrogen and oxygen atoms in total. The molecule has 0 fully saturated rings. The molecule has 0 saturated carbocycles. The van der Waals surface area contributed by atoms with Gasteiger partial charge in [0.05, 0.1) is 0 Å². The smallest absolute Gasteiger partial charge is 0.267 e. The van der Waals surface area contributed by atoms with Crippen LogP contribution in [0.3, 0.4) is 0 Å². The average molecular weight is 305 g/mol. The van der Waals surface area contributed by atoms with Crippen LogP contribution >= 0.6 is 11.5 Å². The van der Waals surface area contributed by atoms with E-state index in [1.54, 1.807) is 18.5 Å². The summed E-state index contributed by atoms with van der Waals surface area (Å²) in [6, 6.07) is 1.64. The van der Waals surface area contributed by atoms with E-state index in [1.165, 1.54) is 16.1 Å². The lowest BCUT2D eigenvalue weighted by molar-refractivity contribution is 0.102. The Labute approximate surface area is 125 Å². The molecule has 0 saturated heterocycles. The monoisotopic (exact) mass is 305 g/mol. The average Bonchev–Trinajstić information content (AvgIpc) is 3.06. The number of hydrogen-bond donors (Lipinski definition) is 2. The first kappa shape index (κ1) is 13.8. The molecule has 1 amide bonds. The number of hydrogen-bond acceptors (Lipinski definition) is 5. The van der Waals surface area contributed by atoms with E-state index in [4.69, 9.17) is 0 Å². The Bertz CT molecular complexity index is 765. The van der Waals surface area contributed by atoms with Gasteiger partial charge in [-0.3, -0.25) is 9.59 Å². The first-order chi connectivity index (χ1) is 10.0. The van der Waals surface area contributed by atoms with Crippen molar-refractivity contribution in [1.82, 2.24) is 8.94 Å². The summed E-state index contributed by atoms with van der Waals surface area (Å²) < 4.78 is 5.44. The number of anilines is 1. The van der Waals surface area contributed by atoms with E-state index in [0.717, 1.165) is 18.5 Å². The molecular weight excluding hydrogens is 290 g/mol. The SMILES string of the molecule is C[C@H]1CCc2c1c(O)c(C(=O)Nc1ccsn1)c(=O)n2C. The van der Waals surface area contributed by atoms with Gasteiger partial charge in [-0.25, -0.2) is 0 Å². The minimum absolute atomic E-state index is 0.137. The molecule has 3 rings (SSSR count). The Kier molecular flexibility index (Phi) is 3.29. The molecule has 2 heterocycles. The highest BCUT2D eigenvalue weighted by molar-refractivity contribution is 7.03. The standard InChI is InChI=1S/C14H15N3O3S/c1-7-3-4-8-10(7)12(18)11(14(20)17(8)2)13(19)15-9-5-6-21-16-9/h5-7,18H,3-4H2,1-2H3,(H,15,16,19)/t7-/m0/s1. The summed E-state index contributed by atoms with van der Waals surface area (Å²) in [5, 5.41) is 14.7. The highest BCUT2D eigenvalue weighted by atomic mass is 32.1. The van der Waals surface area contributed by atoms with Crippen molar-refractivity contribution in [3.8, 4) is 5.75 Å². The van der Waals surface area contributed by atoms with Crippen molar-refractivity contribution in [2.24, 2.45) is 7.05 Å². The normalized spacial score (nSPS) is 16.8. The van der Waals surface area contributed by atoms with Gasteiger partial charge in [-0.2, -0.15) is 4.37 Å². The van der Waals surface area contributed by atoms with Crippen LogP contribution in [0.1, 0.15) is 40.9 Å². The van der Waals surface area contributed by atoms with Crippen molar-refractivity contribution >= 4 is 23.3 Å². The summed E-state index contributed by atoms with van der Waals surface area (Å²) in [7, 11) is 1.64. The number of fused-ring (bicyclic) bond motifs is 1. The predicted octanol–water partition coefficient (Wildman–Crippen LogP) is 1.85. The molecule has 21 heavy (non-hydrogen) atoms. The van der Waals surface area contributed by atoms with Gasteiger partial charge in [0, 0.05) is 23.7 Å². The zero-order valence-electron chi connectivity index (χ0n) is 11.7. The third-order valence-electron chi connectivity index (χ3n) is 3.94. The van der Waals surface area contributed by atoms with Gasteiger partial charge >= 0.3 is 0 Å². The molecule has 0 aromatic carbocycles. The number of nitrogens with zero attached hydrogens (tertiary/aromatic N) is 2. The molecule has 7 heteroatoms. The lowest BCUT2D eigenvalue weighted by atomic mass is 10.0. The molecule has 1 atom stereocenters. The quantitative estimate of drug-likeness (QED) is 0.887. The molecule has 2 N–H and O–H groups in total. The van der Waals surface area contributed by atoms with E-state index in [-0.39, 0.29) is 17.2 Å². The number of nitrogens with one attached hydrogen (secondary N) is 1. The van der Waals surface area contributed by atoms with Gasteiger partial charge in [0.15, 0.2) is 0 Å². The fourth-order valence-corrected chi connectivity index (χ4v) is 3.29. The van der Waals surface area contributed by atoms with Gasteiger partial charge in [-0.05, 0) is 36.4 Å². The van der Waals surface area contributed by atoms with Crippen LogP contribution in [0.15, 0.2) is 16.2 Å². The second kappa shape index (κ2) is 5.00. The summed E-state index contributed by atoms with van der Waals surface area (Å²) in [6.45, 7) is 1.98. The van der Waals surface area contributed by atoms with Crippen LogP contribution in [-0.4, -0.2) is 20.0 Å². The Morgan fingerprint density at radius 2 is 2.33 bits per heavy atom. The Morgan fingerprint density at radius 3 is 3.00 bits per heavy atom. The van der Waals surface area contributed by atoms with E-state index in [1.807, 2.05) is 6.92 Å². The van der Waals surface area contributed by atoms with Crippen LogP contribution in [0.5, 0.6) is 5.75 Å². The molecule has 1 aliphatic carbocycles. The molecule has 2 aromatic rings. The number of pyridine rings is 1. The highest BCUT2D eigenvalue weighted by Gasteiger charge is 2.31. The van der Waals surface area contributed by atoms with Gasteiger partial charge < -0.3 is 15.0 Å². The fraction of sp³-hybridized carbons (Fsp3) is 0.357. The Morgan fingerprint density at radius 1 is 1.57 bits per heavy atom. The van der Waals surface area contributed by atoms with Gasteiger partial charge in [0.25, 0.3) is 11.5 Å². The zero-order chi connectivity index (χ0) is 15.1. The van der Waals surface area contributed by atoms with Crippen LogP contribution in [0.4, 0.5) is 5.82 Å². The van der Waals surface area contributed by atoms with Crippen LogP contribution in [0, 0.1) is 0 Å². The molecule has 0 spiro atoms. The molecule has 0 radical (unpaired) electrons. The Balaban J connectivity index is 2.11. The maximum absolute atomic E-state index is 12.4. The number of aromatic hydroxyl groups is 1. The minimum atomic E-state index is -0.624. The third kappa shape index (κ3) is 2.13. The Hall–Kier alpha value is -2.15. The maximum Gasteiger partial charge on any atom is 0.267 e. The van der Waals surface area contributed by atoms with Gasteiger partial charge in [0.2, 0.25) is 0 Å². The van der Waals surface area contributed by atoms with E-state index in [2.05, 4.69) is 9.69 Å². The van der Waals surface area contributed by atoms with Gasteiger partial charge in [0.1, 0.15) is 17.1 Å². The van der Waals surface area contributed by atoms with Crippen molar-refractivity contribution < 1.29 is 9.90 Å². The maximum atomic E-state index is 12.4. The fourth-order valence-electron chi connectivity index (χ4n) is 2.82. The molecule has 1 aliphatic rings. The molecule has 110 valence electrons. The number of aromatic nitrogens is 2. The minimum Gasteiger partial charge on any atom is -0.507 e. The lowest BCUT2D eigenvalue weighted by Gasteiger charge is -2.14. The molecule has 2 aromatic heterocycles. The first-order valence-corrected chi connectivity index (χ1v) is 7.50. The van der Waals surface area contributed by atoms with Gasteiger partial charge in [-0.1, -0.05) is 6.92 Å². The molecular formula is C14H15N3O3S. The third-order valence-corrected chi connectivity index (χ3v) is 4.50. The first-order valence-electron chi connectivity index (χ1n) is 6.67. The highest BCUT2D eigenvalue weighted by Crippen LogP contribution is 2.39. The number of carbonyl (C=O) groups excluding carboxylic acids is 1. The van der Waals surface area contributed by atoms with Crippen LogP contribution in [-0.2, 0) is 13.5 Å². The summed E-state index contributed by atoms with van der Waals surface area (Å²) in [5.41, 5.74) is 0.835. The van der Waals surface area contributed by atoms with Gasteiger partial charge in [-0.15, -0.1) is 0 Å². The number of amides is 1. The molecule has 0 aliphatic heterocycles. The van der Waals surface area contributed by atoms with E-state index in [0.29, 0.717) is 11.4 Å². The zero-order valence-corrected chi connectivity index (χ0v) is 12.5. The van der Waals surface area contributed by atoms with Crippen LogP contribution in [0.25, 0.3) is 0 Å². The van der Waals surface area contributed by atoms with Crippen molar-refractivity contribution in [2.75, 3.05) is 5.32 Å². The van der Waals surface area contributed by atoms with Crippen LogP contribution < -0.4 is 10.9 Å². The van der Waals surface area contributed by atoms with Crippen molar-refractivity contribution in [3.05, 3.63) is 38.6 Å². The lowest BCUT2D eigenvalue weighted by Crippen LogP contribution is -2.30. The largest absolute Gasteiger partial charge is 0.507 e. The van der Waals surface area contributed by atoms with E-state index in [9.17, 15) is 14.7 Å². The molecule has 0 unspecified atom stereocenters. The van der Waals surface area contributed by atoms with Crippen molar-refractivity contribution in [2.45, 2.75) is 25.7 Å².